The van der Waals surface area contributed by atoms with Gasteiger partial charge >= 0.3 is 6.03 Å². The van der Waals surface area contributed by atoms with Crippen molar-refractivity contribution in [2.75, 3.05) is 13.6 Å². The molecule has 3 rings (SSSR count). The van der Waals surface area contributed by atoms with Crippen LogP contribution >= 0.6 is 0 Å². The maximum absolute atomic E-state index is 12.3. The number of benzene rings is 1. The lowest BCUT2D eigenvalue weighted by Crippen LogP contribution is -2.51. The van der Waals surface area contributed by atoms with Gasteiger partial charge in [-0.15, -0.1) is 0 Å². The van der Waals surface area contributed by atoms with Gasteiger partial charge in [0.1, 0.15) is 5.54 Å². The Hall–Kier alpha value is -2.41. The summed E-state index contributed by atoms with van der Waals surface area (Å²) in [4.78, 5) is 38.6. The molecule has 1 aromatic rings. The van der Waals surface area contributed by atoms with Crippen LogP contribution in [0.3, 0.4) is 0 Å². The fraction of sp³-hybridized carbons (Fsp3) is 0.500. The number of fused-ring (bicyclic) bond motifs is 1. The summed E-state index contributed by atoms with van der Waals surface area (Å²) in [5, 5.41) is 3.41. The predicted octanol–water partition coefficient (Wildman–Crippen LogP) is 1.36. The van der Waals surface area contributed by atoms with Gasteiger partial charge < -0.3 is 5.32 Å². The molecule has 2 N–H and O–H groups in total. The van der Waals surface area contributed by atoms with E-state index in [0.29, 0.717) is 6.42 Å². The summed E-state index contributed by atoms with van der Waals surface area (Å²) in [6.45, 7) is 3.58. The minimum Gasteiger partial charge on any atom is -0.322 e. The molecule has 1 fully saturated rings. The summed E-state index contributed by atoms with van der Waals surface area (Å²) >= 11 is 0. The van der Waals surface area contributed by atoms with Crippen molar-refractivity contribution < 1.29 is 14.4 Å². The molecule has 1 aliphatic carbocycles. The Bertz CT molecular complexity index is 720. The topological polar surface area (TPSA) is 81.8 Å². The van der Waals surface area contributed by atoms with E-state index in [1.54, 1.807) is 6.92 Å². The highest BCUT2D eigenvalue weighted by atomic mass is 16.2. The summed E-state index contributed by atoms with van der Waals surface area (Å²) in [5.41, 5.74) is 4.03. The van der Waals surface area contributed by atoms with Crippen LogP contribution < -0.4 is 10.7 Å². The summed E-state index contributed by atoms with van der Waals surface area (Å²) < 4.78 is 0. The van der Waals surface area contributed by atoms with Gasteiger partial charge in [-0.1, -0.05) is 31.2 Å². The summed E-state index contributed by atoms with van der Waals surface area (Å²) in [6.07, 6.45) is 2.41. The fourth-order valence-corrected chi connectivity index (χ4v) is 3.51. The van der Waals surface area contributed by atoms with Crippen LogP contribution in [0.1, 0.15) is 43.9 Å². The van der Waals surface area contributed by atoms with Crippen molar-refractivity contribution >= 4 is 17.8 Å². The lowest BCUT2D eigenvalue weighted by atomic mass is 10.00. The van der Waals surface area contributed by atoms with Crippen LogP contribution in [-0.4, -0.2) is 46.9 Å². The number of likely N-dealkylation sites (N-methyl/N-ethyl adjacent to an activating group) is 1. The molecule has 25 heavy (non-hydrogen) atoms. The average Bonchev–Trinajstić information content (AvgIpc) is 3.10. The van der Waals surface area contributed by atoms with Crippen molar-refractivity contribution in [2.45, 2.75) is 44.7 Å². The van der Waals surface area contributed by atoms with Crippen molar-refractivity contribution in [1.29, 1.82) is 0 Å². The van der Waals surface area contributed by atoms with Gasteiger partial charge in [-0.25, -0.2) is 4.79 Å². The molecule has 1 heterocycles. The third kappa shape index (κ3) is 3.11. The first-order chi connectivity index (χ1) is 11.9. The lowest BCUT2D eigenvalue weighted by Gasteiger charge is -2.25. The van der Waals surface area contributed by atoms with Crippen LogP contribution in [0.15, 0.2) is 24.3 Å². The minimum absolute atomic E-state index is 0.110. The molecule has 2 unspecified atom stereocenters. The van der Waals surface area contributed by atoms with E-state index in [-0.39, 0.29) is 18.5 Å². The number of hydrogen-bond donors (Lipinski definition) is 2. The molecule has 2 atom stereocenters. The quantitative estimate of drug-likeness (QED) is 0.790. The van der Waals surface area contributed by atoms with Gasteiger partial charge in [-0.2, -0.15) is 5.01 Å². The number of aryl methyl sites for hydroxylation is 1. The zero-order valence-electron chi connectivity index (χ0n) is 14.8. The Morgan fingerprint density at radius 2 is 2.12 bits per heavy atom. The van der Waals surface area contributed by atoms with Crippen molar-refractivity contribution in [2.24, 2.45) is 0 Å². The SMILES string of the molecule is CCC1(C)NC(=O)N(NC(=O)CN(C)C2CCc3ccccc32)C1=O. The minimum atomic E-state index is -0.958. The summed E-state index contributed by atoms with van der Waals surface area (Å²) in [6, 6.07) is 7.82. The lowest BCUT2D eigenvalue weighted by molar-refractivity contribution is -0.139. The van der Waals surface area contributed by atoms with E-state index in [9.17, 15) is 14.4 Å². The Morgan fingerprint density at radius 1 is 1.40 bits per heavy atom. The van der Waals surface area contributed by atoms with Crippen molar-refractivity contribution in [1.82, 2.24) is 20.7 Å². The number of carbonyl (C=O) groups excluding carboxylic acids is 3. The smallest absolute Gasteiger partial charge is 0.322 e. The molecule has 0 bridgehead atoms. The number of hydrogen-bond acceptors (Lipinski definition) is 4. The number of urea groups is 1. The number of rotatable bonds is 5. The third-order valence-corrected chi connectivity index (χ3v) is 5.23. The monoisotopic (exact) mass is 344 g/mol. The van der Waals surface area contributed by atoms with E-state index < -0.39 is 17.5 Å². The van der Waals surface area contributed by atoms with Crippen LogP contribution in [0.4, 0.5) is 4.79 Å². The van der Waals surface area contributed by atoms with Crippen LogP contribution in [-0.2, 0) is 16.0 Å². The van der Waals surface area contributed by atoms with Gasteiger partial charge in [0.25, 0.3) is 11.8 Å². The number of carbonyl (C=O) groups is 3. The molecule has 7 heteroatoms. The molecule has 0 radical (unpaired) electrons. The molecule has 134 valence electrons. The molecule has 0 spiro atoms. The second-order valence-electron chi connectivity index (χ2n) is 6.96. The highest BCUT2D eigenvalue weighted by Crippen LogP contribution is 2.34. The molecule has 7 nitrogen and oxygen atoms in total. The summed E-state index contributed by atoms with van der Waals surface area (Å²) in [7, 11) is 1.88. The molecule has 0 aromatic heterocycles. The second-order valence-corrected chi connectivity index (χ2v) is 6.96. The first kappa shape index (κ1) is 17.4. The van der Waals surface area contributed by atoms with E-state index >= 15 is 0 Å². The third-order valence-electron chi connectivity index (χ3n) is 5.23. The normalized spacial score (nSPS) is 25.3. The Morgan fingerprint density at radius 3 is 2.80 bits per heavy atom. The van der Waals surface area contributed by atoms with E-state index in [1.165, 1.54) is 11.1 Å². The van der Waals surface area contributed by atoms with Crippen LogP contribution in [0, 0.1) is 0 Å². The number of nitrogens with one attached hydrogen (secondary N) is 2. The molecule has 1 saturated heterocycles. The van der Waals surface area contributed by atoms with Crippen LogP contribution in [0.25, 0.3) is 0 Å². The Balaban J connectivity index is 1.62. The molecule has 1 aliphatic heterocycles. The standard InChI is InChI=1S/C18H24N4O3/c1-4-18(2)16(24)22(17(25)19-18)20-15(23)11-21(3)14-10-9-12-7-5-6-8-13(12)14/h5-8,14H,4,9-11H2,1-3H3,(H,19,25)(H,20,23). The van der Waals surface area contributed by atoms with E-state index in [0.717, 1.165) is 17.9 Å². The number of nitrogens with zero attached hydrogens (tertiary/aromatic N) is 2. The molecular formula is C18H24N4O3. The maximum atomic E-state index is 12.3. The zero-order valence-corrected chi connectivity index (χ0v) is 14.8. The highest BCUT2D eigenvalue weighted by molar-refractivity contribution is 6.07. The Kier molecular flexibility index (Phi) is 4.51. The molecule has 1 aromatic carbocycles. The van der Waals surface area contributed by atoms with Gasteiger partial charge in [-0.3, -0.25) is 19.9 Å². The van der Waals surface area contributed by atoms with Crippen LogP contribution in [0.2, 0.25) is 0 Å². The van der Waals surface area contributed by atoms with Crippen molar-refractivity contribution in [3.8, 4) is 0 Å². The van der Waals surface area contributed by atoms with Gasteiger partial charge in [0, 0.05) is 6.04 Å². The maximum Gasteiger partial charge on any atom is 0.344 e. The first-order valence-corrected chi connectivity index (χ1v) is 8.60. The van der Waals surface area contributed by atoms with E-state index in [1.807, 2.05) is 31.0 Å². The van der Waals surface area contributed by atoms with Crippen molar-refractivity contribution in [3.63, 3.8) is 0 Å². The Labute approximate surface area is 147 Å². The fourth-order valence-electron chi connectivity index (χ4n) is 3.51. The van der Waals surface area contributed by atoms with Gasteiger partial charge in [-0.05, 0) is 44.4 Å². The predicted molar refractivity (Wildman–Crippen MR) is 92.4 cm³/mol. The largest absolute Gasteiger partial charge is 0.344 e. The number of amides is 4. The molecule has 0 saturated carbocycles. The number of hydrazine groups is 1. The van der Waals surface area contributed by atoms with E-state index in [2.05, 4.69) is 22.9 Å². The van der Waals surface area contributed by atoms with Gasteiger partial charge in [0.15, 0.2) is 0 Å². The first-order valence-electron chi connectivity index (χ1n) is 8.60. The van der Waals surface area contributed by atoms with Gasteiger partial charge in [0.2, 0.25) is 0 Å². The zero-order chi connectivity index (χ0) is 18.2. The number of imide groups is 1. The average molecular weight is 344 g/mol. The van der Waals surface area contributed by atoms with E-state index in [4.69, 9.17) is 0 Å². The molecular weight excluding hydrogens is 320 g/mol. The summed E-state index contributed by atoms with van der Waals surface area (Å²) in [5.74, 6) is -0.807. The van der Waals surface area contributed by atoms with Gasteiger partial charge in [0.05, 0.1) is 6.54 Å². The van der Waals surface area contributed by atoms with Crippen LogP contribution in [0.5, 0.6) is 0 Å². The second kappa shape index (κ2) is 6.48. The molecule has 2 aliphatic rings. The highest BCUT2D eigenvalue weighted by Gasteiger charge is 2.47. The van der Waals surface area contributed by atoms with Crippen molar-refractivity contribution in [3.05, 3.63) is 35.4 Å². The molecule has 4 amide bonds.